The van der Waals surface area contributed by atoms with Gasteiger partial charge >= 0.3 is 5.97 Å². The van der Waals surface area contributed by atoms with Gasteiger partial charge < -0.3 is 25.2 Å². The molecule has 6 nitrogen and oxygen atoms in total. The number of aliphatic hydroxyl groups excluding tert-OH is 4. The van der Waals surface area contributed by atoms with Crippen LogP contribution in [0.4, 0.5) is 0 Å². The van der Waals surface area contributed by atoms with Crippen LogP contribution in [0.2, 0.25) is 0 Å². The first-order chi connectivity index (χ1) is 14.6. The van der Waals surface area contributed by atoms with Gasteiger partial charge in [-0.3, -0.25) is 4.79 Å². The number of carbonyl (C=O) groups excluding carboxylic acids is 1. The summed E-state index contributed by atoms with van der Waals surface area (Å²) in [7, 11) is 0. The molecule has 0 saturated heterocycles. The number of carbonyl (C=O) groups is 1. The SMILES string of the molecule is CC(O)C(O)C(C)COC(=O)CC(C)(C)CC(C)(C)CC(O)C(O)CC(C)(C)CC(C)(C)C. The summed E-state index contributed by atoms with van der Waals surface area (Å²) < 4.78 is 5.34. The predicted octanol–water partition coefficient (Wildman–Crippen LogP) is 4.70. The molecular weight excluding hydrogens is 420 g/mol. The third-order valence-electron chi connectivity index (χ3n) is 6.14. The van der Waals surface area contributed by atoms with Crippen LogP contribution in [0.3, 0.4) is 0 Å². The van der Waals surface area contributed by atoms with E-state index in [1.165, 1.54) is 6.92 Å². The van der Waals surface area contributed by atoms with Gasteiger partial charge in [0.05, 0.1) is 37.4 Å². The van der Waals surface area contributed by atoms with Crippen molar-refractivity contribution in [3.8, 4) is 0 Å². The number of hydrogen-bond acceptors (Lipinski definition) is 6. The third kappa shape index (κ3) is 14.3. The lowest BCUT2D eigenvalue weighted by molar-refractivity contribution is -0.149. The molecule has 0 aliphatic rings. The Morgan fingerprint density at radius 3 is 1.55 bits per heavy atom. The molecule has 0 fully saturated rings. The molecule has 0 amide bonds. The van der Waals surface area contributed by atoms with Crippen molar-refractivity contribution in [2.75, 3.05) is 6.61 Å². The van der Waals surface area contributed by atoms with Crippen molar-refractivity contribution < 1.29 is 30.0 Å². The van der Waals surface area contributed by atoms with E-state index in [1.807, 2.05) is 13.8 Å². The Morgan fingerprint density at radius 1 is 0.727 bits per heavy atom. The maximum Gasteiger partial charge on any atom is 0.306 e. The second kappa shape index (κ2) is 12.3. The summed E-state index contributed by atoms with van der Waals surface area (Å²) in [5, 5.41) is 40.8. The highest BCUT2D eigenvalue weighted by Crippen LogP contribution is 2.41. The molecule has 0 bridgehead atoms. The van der Waals surface area contributed by atoms with Gasteiger partial charge in [0.1, 0.15) is 0 Å². The first kappa shape index (κ1) is 32.3. The van der Waals surface area contributed by atoms with E-state index >= 15 is 0 Å². The molecule has 0 heterocycles. The first-order valence-corrected chi connectivity index (χ1v) is 12.4. The number of rotatable bonds is 14. The van der Waals surface area contributed by atoms with E-state index in [0.29, 0.717) is 19.3 Å². The topological polar surface area (TPSA) is 107 Å². The molecule has 0 spiro atoms. The van der Waals surface area contributed by atoms with Crippen LogP contribution >= 0.6 is 0 Å². The van der Waals surface area contributed by atoms with Crippen LogP contribution in [0.25, 0.3) is 0 Å². The number of aliphatic hydroxyl groups is 4. The van der Waals surface area contributed by atoms with Crippen LogP contribution in [0.5, 0.6) is 0 Å². The Labute approximate surface area is 203 Å². The van der Waals surface area contributed by atoms with Crippen molar-refractivity contribution >= 4 is 5.97 Å². The minimum Gasteiger partial charge on any atom is -0.465 e. The normalized spacial score (nSPS) is 18.4. The van der Waals surface area contributed by atoms with Crippen molar-refractivity contribution in [1.82, 2.24) is 0 Å². The zero-order valence-corrected chi connectivity index (χ0v) is 23.2. The van der Waals surface area contributed by atoms with Crippen molar-refractivity contribution in [3.05, 3.63) is 0 Å². The fraction of sp³-hybridized carbons (Fsp3) is 0.963. The zero-order chi connectivity index (χ0) is 26.4. The van der Waals surface area contributed by atoms with E-state index in [9.17, 15) is 25.2 Å². The summed E-state index contributed by atoms with van der Waals surface area (Å²) in [5.74, 6) is -0.697. The molecule has 4 N–H and O–H groups in total. The molecule has 5 atom stereocenters. The fourth-order valence-electron chi connectivity index (χ4n) is 5.58. The van der Waals surface area contributed by atoms with Crippen LogP contribution in [0.1, 0.15) is 108 Å². The molecule has 0 aromatic carbocycles. The van der Waals surface area contributed by atoms with E-state index in [4.69, 9.17) is 4.74 Å². The molecule has 0 saturated carbocycles. The Kier molecular flexibility index (Phi) is 12.1. The summed E-state index contributed by atoms with van der Waals surface area (Å²) in [6, 6.07) is 0. The lowest BCUT2D eigenvalue weighted by atomic mass is 9.69. The first-order valence-electron chi connectivity index (χ1n) is 12.4. The van der Waals surface area contributed by atoms with Crippen LogP contribution in [0.15, 0.2) is 0 Å². The monoisotopic (exact) mass is 474 g/mol. The Bertz CT molecular complexity index is 588. The smallest absolute Gasteiger partial charge is 0.306 e. The average molecular weight is 475 g/mol. The van der Waals surface area contributed by atoms with Gasteiger partial charge in [-0.2, -0.15) is 0 Å². The Balaban J connectivity index is 4.81. The van der Waals surface area contributed by atoms with Crippen LogP contribution in [-0.4, -0.2) is 57.4 Å². The summed E-state index contributed by atoms with van der Waals surface area (Å²) in [6.07, 6.45) is -0.621. The molecule has 5 unspecified atom stereocenters. The number of ether oxygens (including phenoxy) is 1. The summed E-state index contributed by atoms with van der Waals surface area (Å²) >= 11 is 0. The van der Waals surface area contributed by atoms with Crippen molar-refractivity contribution in [2.45, 2.75) is 133 Å². The van der Waals surface area contributed by atoms with E-state index in [1.54, 1.807) is 6.92 Å². The quantitative estimate of drug-likeness (QED) is 0.272. The van der Waals surface area contributed by atoms with Gasteiger partial charge in [0.15, 0.2) is 0 Å². The average Bonchev–Trinajstić information content (AvgIpc) is 2.53. The van der Waals surface area contributed by atoms with Gasteiger partial charge in [-0.1, -0.05) is 69.2 Å². The van der Waals surface area contributed by atoms with Crippen molar-refractivity contribution in [2.24, 2.45) is 27.6 Å². The summed E-state index contributed by atoms with van der Waals surface area (Å²) in [5.41, 5.74) is -0.570. The van der Waals surface area contributed by atoms with Gasteiger partial charge in [0, 0.05) is 5.92 Å². The largest absolute Gasteiger partial charge is 0.465 e. The van der Waals surface area contributed by atoms with E-state index in [0.717, 1.165) is 6.42 Å². The molecule has 198 valence electrons. The lowest BCUT2D eigenvalue weighted by Crippen LogP contribution is -2.37. The second-order valence-corrected chi connectivity index (χ2v) is 14.0. The standard InChI is InChI=1S/C27H54O6/c1-18(23(32)19(2)28)15-33-22(31)14-27(10,11)17-26(8,9)13-21(30)20(29)12-25(6,7)16-24(3,4)5/h18-21,23,28-30,32H,12-17H2,1-11H3. The highest BCUT2D eigenvalue weighted by molar-refractivity contribution is 5.70. The molecule has 6 heteroatoms. The van der Waals surface area contributed by atoms with E-state index in [2.05, 4.69) is 48.5 Å². The number of hydrogen-bond donors (Lipinski definition) is 4. The summed E-state index contributed by atoms with van der Waals surface area (Å²) in [6.45, 7) is 22.2. The third-order valence-corrected chi connectivity index (χ3v) is 6.14. The van der Waals surface area contributed by atoms with Gasteiger partial charge in [0.25, 0.3) is 0 Å². The molecule has 33 heavy (non-hydrogen) atoms. The lowest BCUT2D eigenvalue weighted by Gasteiger charge is -2.38. The zero-order valence-electron chi connectivity index (χ0n) is 23.2. The molecule has 0 aliphatic heterocycles. The molecule has 0 rings (SSSR count). The van der Waals surface area contributed by atoms with Crippen molar-refractivity contribution in [1.29, 1.82) is 0 Å². The Morgan fingerprint density at radius 2 is 1.15 bits per heavy atom. The number of esters is 1. The van der Waals surface area contributed by atoms with Gasteiger partial charge in [0.2, 0.25) is 0 Å². The van der Waals surface area contributed by atoms with Gasteiger partial charge in [-0.25, -0.2) is 0 Å². The highest BCUT2D eigenvalue weighted by atomic mass is 16.5. The molecule has 0 aromatic heterocycles. The van der Waals surface area contributed by atoms with Crippen LogP contribution < -0.4 is 0 Å². The van der Waals surface area contributed by atoms with Crippen molar-refractivity contribution in [3.63, 3.8) is 0 Å². The van der Waals surface area contributed by atoms with E-state index < -0.39 is 24.4 Å². The van der Waals surface area contributed by atoms with Crippen LogP contribution in [-0.2, 0) is 9.53 Å². The van der Waals surface area contributed by atoms with Gasteiger partial charge in [-0.05, 0) is 54.3 Å². The maximum absolute atomic E-state index is 12.4. The summed E-state index contributed by atoms with van der Waals surface area (Å²) in [4.78, 5) is 12.4. The van der Waals surface area contributed by atoms with E-state index in [-0.39, 0.29) is 46.6 Å². The molecule has 0 radical (unpaired) electrons. The maximum atomic E-state index is 12.4. The fourth-order valence-corrected chi connectivity index (χ4v) is 5.58. The van der Waals surface area contributed by atoms with Crippen LogP contribution in [0, 0.1) is 27.6 Å². The van der Waals surface area contributed by atoms with Gasteiger partial charge in [-0.15, -0.1) is 0 Å². The second-order valence-electron chi connectivity index (χ2n) is 14.0. The molecular formula is C27H54O6. The Hall–Kier alpha value is -0.690. The minimum absolute atomic E-state index is 0.0552. The molecule has 0 aromatic rings. The predicted molar refractivity (Wildman–Crippen MR) is 134 cm³/mol. The minimum atomic E-state index is -0.939. The highest BCUT2D eigenvalue weighted by Gasteiger charge is 2.36. The molecule has 0 aliphatic carbocycles.